The van der Waals surface area contributed by atoms with Gasteiger partial charge in [-0.2, -0.15) is 0 Å². The van der Waals surface area contributed by atoms with Crippen LogP contribution in [-0.4, -0.2) is 20.1 Å². The topological polar surface area (TPSA) is 15.3 Å². The quantitative estimate of drug-likeness (QED) is 0.857. The highest BCUT2D eigenvalue weighted by molar-refractivity contribution is 5.60. The minimum atomic E-state index is 0.653. The molecule has 0 radical (unpaired) electrons. The number of benzene rings is 1. The van der Waals surface area contributed by atoms with E-state index < -0.39 is 0 Å². The van der Waals surface area contributed by atoms with E-state index in [9.17, 15) is 0 Å². The van der Waals surface area contributed by atoms with Crippen molar-refractivity contribution in [3.8, 4) is 0 Å². The zero-order valence-electron chi connectivity index (χ0n) is 13.7. The van der Waals surface area contributed by atoms with Crippen molar-refractivity contribution < 1.29 is 0 Å². The molecule has 1 aromatic rings. The molecule has 0 amide bonds. The molecular weight excluding hydrogens is 244 g/mol. The van der Waals surface area contributed by atoms with Crippen LogP contribution in [0.1, 0.15) is 45.1 Å². The second-order valence-corrected chi connectivity index (χ2v) is 6.91. The van der Waals surface area contributed by atoms with Crippen LogP contribution in [0.15, 0.2) is 18.2 Å². The van der Waals surface area contributed by atoms with E-state index in [0.29, 0.717) is 6.04 Å². The molecule has 112 valence electrons. The fourth-order valence-electron chi connectivity index (χ4n) is 3.27. The molecular formula is C18H30N2. The summed E-state index contributed by atoms with van der Waals surface area (Å²) >= 11 is 0. The molecule has 1 aromatic carbocycles. The van der Waals surface area contributed by atoms with E-state index in [2.05, 4.69) is 63.3 Å². The molecule has 0 saturated heterocycles. The summed E-state index contributed by atoms with van der Waals surface area (Å²) in [7, 11) is 4.19. The van der Waals surface area contributed by atoms with Crippen molar-refractivity contribution in [2.75, 3.05) is 24.3 Å². The van der Waals surface area contributed by atoms with E-state index in [0.717, 1.165) is 11.8 Å². The first-order valence-electron chi connectivity index (χ1n) is 8.02. The van der Waals surface area contributed by atoms with E-state index >= 15 is 0 Å². The van der Waals surface area contributed by atoms with Gasteiger partial charge < -0.3 is 10.2 Å². The molecule has 1 fully saturated rings. The molecule has 2 unspecified atom stereocenters. The van der Waals surface area contributed by atoms with Crippen molar-refractivity contribution in [1.29, 1.82) is 0 Å². The molecule has 2 nitrogen and oxygen atoms in total. The minimum Gasteiger partial charge on any atom is -0.382 e. The molecule has 0 spiro atoms. The first-order valence-corrected chi connectivity index (χ1v) is 8.02. The Bertz CT molecular complexity index is 437. The number of rotatable bonds is 4. The number of aryl methyl sites for hydroxylation is 1. The zero-order valence-corrected chi connectivity index (χ0v) is 13.7. The van der Waals surface area contributed by atoms with Gasteiger partial charge in [0.15, 0.2) is 0 Å². The molecule has 0 heterocycles. The Balaban J connectivity index is 2.02. The number of nitrogens with one attached hydrogen (secondary N) is 1. The normalized spacial score (nSPS) is 22.9. The molecule has 1 saturated carbocycles. The fraction of sp³-hybridized carbons (Fsp3) is 0.667. The average molecular weight is 274 g/mol. The Morgan fingerprint density at radius 3 is 2.55 bits per heavy atom. The third-order valence-corrected chi connectivity index (χ3v) is 4.74. The second kappa shape index (κ2) is 6.51. The van der Waals surface area contributed by atoms with Gasteiger partial charge in [-0.05, 0) is 55.4 Å². The van der Waals surface area contributed by atoms with Crippen LogP contribution in [0.5, 0.6) is 0 Å². The largest absolute Gasteiger partial charge is 0.382 e. The maximum Gasteiger partial charge on any atom is 0.0373 e. The Hall–Kier alpha value is -1.18. The van der Waals surface area contributed by atoms with Gasteiger partial charge in [0, 0.05) is 31.5 Å². The Kier molecular flexibility index (Phi) is 4.95. The smallest absolute Gasteiger partial charge is 0.0373 e. The molecule has 2 atom stereocenters. The van der Waals surface area contributed by atoms with Gasteiger partial charge in [0.25, 0.3) is 0 Å². The maximum atomic E-state index is 3.78. The van der Waals surface area contributed by atoms with Crippen LogP contribution in [0.25, 0.3) is 0 Å². The van der Waals surface area contributed by atoms with Crippen molar-refractivity contribution in [1.82, 2.24) is 0 Å². The predicted octanol–water partition coefficient (Wildman–Crippen LogP) is 4.69. The highest BCUT2D eigenvalue weighted by Crippen LogP contribution is 2.32. The van der Waals surface area contributed by atoms with Crippen LogP contribution in [0.3, 0.4) is 0 Å². The molecule has 0 bridgehead atoms. The minimum absolute atomic E-state index is 0.653. The highest BCUT2D eigenvalue weighted by atomic mass is 15.1. The van der Waals surface area contributed by atoms with Crippen LogP contribution in [0.4, 0.5) is 11.4 Å². The lowest BCUT2D eigenvalue weighted by Crippen LogP contribution is -2.29. The van der Waals surface area contributed by atoms with Crippen molar-refractivity contribution >= 4 is 11.4 Å². The van der Waals surface area contributed by atoms with E-state index in [4.69, 9.17) is 0 Å². The second-order valence-electron chi connectivity index (χ2n) is 6.91. The summed E-state index contributed by atoms with van der Waals surface area (Å²) < 4.78 is 0. The summed E-state index contributed by atoms with van der Waals surface area (Å²) in [6, 6.07) is 7.37. The average Bonchev–Trinajstić information content (AvgIpc) is 2.41. The summed E-state index contributed by atoms with van der Waals surface area (Å²) in [5.74, 6) is 1.71. The van der Waals surface area contributed by atoms with E-state index in [1.807, 2.05) is 0 Å². The zero-order chi connectivity index (χ0) is 14.7. The van der Waals surface area contributed by atoms with Gasteiger partial charge in [0.2, 0.25) is 0 Å². The molecule has 1 aliphatic carbocycles. The number of hydrogen-bond donors (Lipinski definition) is 1. The predicted molar refractivity (Wildman–Crippen MR) is 89.7 cm³/mol. The molecule has 20 heavy (non-hydrogen) atoms. The molecule has 2 heteroatoms. The van der Waals surface area contributed by atoms with Gasteiger partial charge in [0.05, 0.1) is 0 Å². The highest BCUT2D eigenvalue weighted by Gasteiger charge is 2.24. The lowest BCUT2D eigenvalue weighted by atomic mass is 9.79. The van der Waals surface area contributed by atoms with Crippen molar-refractivity contribution in [2.24, 2.45) is 11.8 Å². The number of nitrogens with zero attached hydrogens (tertiary/aromatic N) is 1. The summed E-state index contributed by atoms with van der Waals surface area (Å²) in [5, 5.41) is 3.78. The third kappa shape index (κ3) is 3.68. The molecule has 1 aliphatic rings. The van der Waals surface area contributed by atoms with Crippen LogP contribution in [0.2, 0.25) is 0 Å². The molecule has 0 aromatic heterocycles. The first-order chi connectivity index (χ1) is 9.47. The summed E-state index contributed by atoms with van der Waals surface area (Å²) in [5.41, 5.74) is 3.93. The summed E-state index contributed by atoms with van der Waals surface area (Å²) in [6.45, 7) is 6.94. The first kappa shape index (κ1) is 15.2. The molecule has 2 rings (SSSR count). The van der Waals surface area contributed by atoms with Crippen molar-refractivity contribution in [3.05, 3.63) is 23.8 Å². The Morgan fingerprint density at radius 1 is 1.20 bits per heavy atom. The van der Waals surface area contributed by atoms with E-state index in [1.54, 1.807) is 0 Å². The number of hydrogen-bond acceptors (Lipinski definition) is 2. The standard InChI is InChI=1S/C18H30N2/c1-13(2)15-7-6-8-16(12-15)19-18-10-9-17(20(4)5)11-14(18)3/h9-11,13,15-16,19H,6-8,12H2,1-5H3. The van der Waals surface area contributed by atoms with Crippen molar-refractivity contribution in [3.63, 3.8) is 0 Å². The summed E-state index contributed by atoms with van der Waals surface area (Å²) in [6.07, 6.45) is 5.42. The molecule has 0 aliphatic heterocycles. The van der Waals surface area contributed by atoms with Gasteiger partial charge in [-0.1, -0.05) is 26.7 Å². The van der Waals surface area contributed by atoms with Gasteiger partial charge >= 0.3 is 0 Å². The molecule has 1 N–H and O–H groups in total. The van der Waals surface area contributed by atoms with Gasteiger partial charge in [0.1, 0.15) is 0 Å². The van der Waals surface area contributed by atoms with Gasteiger partial charge in [-0.3, -0.25) is 0 Å². The van der Waals surface area contributed by atoms with E-state index in [1.165, 1.54) is 42.6 Å². The van der Waals surface area contributed by atoms with Crippen LogP contribution in [0, 0.1) is 18.8 Å². The third-order valence-electron chi connectivity index (χ3n) is 4.74. The van der Waals surface area contributed by atoms with Gasteiger partial charge in [-0.15, -0.1) is 0 Å². The van der Waals surface area contributed by atoms with Crippen LogP contribution >= 0.6 is 0 Å². The van der Waals surface area contributed by atoms with Crippen LogP contribution in [-0.2, 0) is 0 Å². The van der Waals surface area contributed by atoms with E-state index in [-0.39, 0.29) is 0 Å². The lowest BCUT2D eigenvalue weighted by molar-refractivity contribution is 0.264. The van der Waals surface area contributed by atoms with Crippen molar-refractivity contribution in [2.45, 2.75) is 52.5 Å². The van der Waals surface area contributed by atoms with Gasteiger partial charge in [-0.25, -0.2) is 0 Å². The fourth-order valence-corrected chi connectivity index (χ4v) is 3.27. The monoisotopic (exact) mass is 274 g/mol. The Labute approximate surface area is 124 Å². The summed E-state index contributed by atoms with van der Waals surface area (Å²) in [4.78, 5) is 2.16. The SMILES string of the molecule is Cc1cc(N(C)C)ccc1NC1CCCC(C(C)C)C1. The van der Waals surface area contributed by atoms with Crippen LogP contribution < -0.4 is 10.2 Å². The maximum absolute atomic E-state index is 3.78. The lowest BCUT2D eigenvalue weighted by Gasteiger charge is -2.33. The Morgan fingerprint density at radius 2 is 1.95 bits per heavy atom. The number of anilines is 2.